The summed E-state index contributed by atoms with van der Waals surface area (Å²) in [6, 6.07) is 7.51. The molecule has 0 atom stereocenters. The third kappa shape index (κ3) is 3.07. The van der Waals surface area contributed by atoms with Crippen molar-refractivity contribution in [2.75, 3.05) is 0 Å². The number of alkyl halides is 3. The van der Waals surface area contributed by atoms with Gasteiger partial charge in [0.2, 0.25) is 3.79 Å². The van der Waals surface area contributed by atoms with Crippen LogP contribution in [0.5, 0.6) is 0 Å². The normalized spacial score (nSPS) is 11.5. The summed E-state index contributed by atoms with van der Waals surface area (Å²) in [6.45, 7) is 0. The first-order valence-corrected chi connectivity index (χ1v) is 6.42. The Hall–Kier alpha value is -0.420. The Balaban J connectivity index is 2.51. The van der Waals surface area contributed by atoms with Crippen LogP contribution in [0.15, 0.2) is 35.1 Å². The molecule has 0 amide bonds. The fourth-order valence-electron chi connectivity index (χ4n) is 1.21. The maximum Gasteiger partial charge on any atom is 0.250 e. The van der Waals surface area contributed by atoms with Gasteiger partial charge in [0, 0.05) is 10.0 Å². The zero-order valence-corrected chi connectivity index (χ0v) is 12.1. The molecule has 0 saturated carbocycles. The first-order valence-electron chi connectivity index (χ1n) is 4.49. The van der Waals surface area contributed by atoms with Gasteiger partial charge in [-0.2, -0.15) is 0 Å². The van der Waals surface area contributed by atoms with Gasteiger partial charge in [-0.3, -0.25) is 0 Å². The average Bonchev–Trinajstić information content (AvgIpc) is 2.29. The molecule has 1 aromatic heterocycles. The third-order valence-corrected chi connectivity index (χ3v) is 3.14. The van der Waals surface area contributed by atoms with Gasteiger partial charge in [-0.25, -0.2) is 15.0 Å². The van der Waals surface area contributed by atoms with E-state index in [-0.39, 0.29) is 5.82 Å². The van der Waals surface area contributed by atoms with Gasteiger partial charge in [-0.1, -0.05) is 68.9 Å². The number of nitrogens with zero attached hydrogens (tertiary/aromatic N) is 3. The smallest absolute Gasteiger partial charge is 0.217 e. The molecule has 0 bridgehead atoms. The van der Waals surface area contributed by atoms with Gasteiger partial charge >= 0.3 is 0 Å². The highest BCUT2D eigenvalue weighted by atomic mass is 79.9. The number of hydrogen-bond donors (Lipinski definition) is 0. The molecule has 1 heterocycles. The van der Waals surface area contributed by atoms with Crippen LogP contribution >= 0.6 is 50.7 Å². The summed E-state index contributed by atoms with van der Waals surface area (Å²) in [5, 5.41) is 0. The SMILES string of the molecule is ClC(Cl)(Cl)c1ncnc(-c2ccccc2Br)n1. The summed E-state index contributed by atoms with van der Waals surface area (Å²) in [6.07, 6.45) is 1.32. The zero-order valence-electron chi connectivity index (χ0n) is 8.24. The largest absolute Gasteiger partial charge is 0.250 e. The molecule has 0 aliphatic rings. The lowest BCUT2D eigenvalue weighted by Gasteiger charge is -2.09. The van der Waals surface area contributed by atoms with Gasteiger partial charge in [-0.05, 0) is 6.07 Å². The molecule has 2 aromatic rings. The van der Waals surface area contributed by atoms with Crippen molar-refractivity contribution in [3.8, 4) is 11.4 Å². The van der Waals surface area contributed by atoms with Crippen LogP contribution in [-0.4, -0.2) is 15.0 Å². The Morgan fingerprint density at radius 2 is 1.76 bits per heavy atom. The molecule has 0 radical (unpaired) electrons. The molecular weight excluding hydrogens is 348 g/mol. The average molecular weight is 353 g/mol. The van der Waals surface area contributed by atoms with Gasteiger partial charge < -0.3 is 0 Å². The maximum atomic E-state index is 5.72. The van der Waals surface area contributed by atoms with E-state index >= 15 is 0 Å². The number of rotatable bonds is 1. The topological polar surface area (TPSA) is 38.7 Å². The minimum atomic E-state index is -1.65. The minimum absolute atomic E-state index is 0.100. The molecule has 0 N–H and O–H groups in total. The molecule has 7 heteroatoms. The van der Waals surface area contributed by atoms with E-state index in [0.717, 1.165) is 10.0 Å². The molecule has 0 spiro atoms. The molecule has 17 heavy (non-hydrogen) atoms. The van der Waals surface area contributed by atoms with Crippen molar-refractivity contribution in [1.29, 1.82) is 0 Å². The molecule has 0 saturated heterocycles. The fourth-order valence-corrected chi connectivity index (χ4v) is 1.94. The van der Waals surface area contributed by atoms with E-state index < -0.39 is 3.79 Å². The predicted octanol–water partition coefficient (Wildman–Crippen LogP) is 4.13. The summed E-state index contributed by atoms with van der Waals surface area (Å²) >= 11 is 20.6. The Morgan fingerprint density at radius 3 is 2.41 bits per heavy atom. The lowest BCUT2D eigenvalue weighted by atomic mass is 10.2. The van der Waals surface area contributed by atoms with E-state index in [2.05, 4.69) is 30.9 Å². The van der Waals surface area contributed by atoms with E-state index in [9.17, 15) is 0 Å². The van der Waals surface area contributed by atoms with Gasteiger partial charge in [0.1, 0.15) is 6.33 Å². The number of hydrogen-bond acceptors (Lipinski definition) is 3. The van der Waals surface area contributed by atoms with Crippen LogP contribution in [0, 0.1) is 0 Å². The quantitative estimate of drug-likeness (QED) is 0.724. The standard InChI is InChI=1S/C10H5BrCl3N3/c11-7-4-2-1-3-6(7)8-15-5-16-9(17-8)10(12,13)14/h1-5H. The Bertz CT molecular complexity index is 542. The van der Waals surface area contributed by atoms with Crippen molar-refractivity contribution < 1.29 is 0 Å². The highest BCUT2D eigenvalue weighted by Crippen LogP contribution is 2.36. The number of benzene rings is 1. The summed E-state index contributed by atoms with van der Waals surface area (Å²) in [7, 11) is 0. The van der Waals surface area contributed by atoms with Crippen molar-refractivity contribution >= 4 is 50.7 Å². The minimum Gasteiger partial charge on any atom is -0.217 e. The Kier molecular flexibility index (Phi) is 3.88. The molecule has 0 aliphatic heterocycles. The van der Waals surface area contributed by atoms with Crippen LogP contribution in [0.25, 0.3) is 11.4 Å². The molecule has 0 aliphatic carbocycles. The second kappa shape index (κ2) is 5.06. The molecule has 1 aromatic carbocycles. The van der Waals surface area contributed by atoms with E-state index in [1.54, 1.807) is 0 Å². The zero-order chi connectivity index (χ0) is 12.5. The Labute approximate surface area is 121 Å². The predicted molar refractivity (Wildman–Crippen MR) is 72.2 cm³/mol. The molecule has 3 nitrogen and oxygen atoms in total. The lowest BCUT2D eigenvalue weighted by molar-refractivity contribution is 0.923. The van der Waals surface area contributed by atoms with Gasteiger partial charge in [-0.15, -0.1) is 0 Å². The van der Waals surface area contributed by atoms with Crippen LogP contribution in [0.2, 0.25) is 0 Å². The summed E-state index contributed by atoms with van der Waals surface area (Å²) in [4.78, 5) is 12.0. The van der Waals surface area contributed by atoms with E-state index in [4.69, 9.17) is 34.8 Å². The van der Waals surface area contributed by atoms with E-state index in [0.29, 0.717) is 5.82 Å². The van der Waals surface area contributed by atoms with Crippen molar-refractivity contribution in [2.45, 2.75) is 3.79 Å². The van der Waals surface area contributed by atoms with E-state index in [1.165, 1.54) is 6.33 Å². The van der Waals surface area contributed by atoms with Gasteiger partial charge in [0.25, 0.3) is 0 Å². The van der Waals surface area contributed by atoms with Gasteiger partial charge in [0.05, 0.1) is 0 Å². The highest BCUT2D eigenvalue weighted by Gasteiger charge is 2.27. The number of halogens is 4. The third-order valence-electron chi connectivity index (χ3n) is 1.94. The maximum absolute atomic E-state index is 5.72. The highest BCUT2D eigenvalue weighted by molar-refractivity contribution is 9.10. The van der Waals surface area contributed by atoms with Crippen LogP contribution in [-0.2, 0) is 3.79 Å². The summed E-state index contributed by atoms with van der Waals surface area (Å²) in [5.74, 6) is 0.553. The molecule has 0 unspecified atom stereocenters. The first-order chi connectivity index (χ1) is 7.98. The molecule has 0 fully saturated rings. The summed E-state index contributed by atoms with van der Waals surface area (Å²) in [5.41, 5.74) is 0.811. The Morgan fingerprint density at radius 1 is 1.06 bits per heavy atom. The monoisotopic (exact) mass is 351 g/mol. The fraction of sp³-hybridized carbons (Fsp3) is 0.100. The molecule has 88 valence electrons. The van der Waals surface area contributed by atoms with Crippen LogP contribution < -0.4 is 0 Å². The second-order valence-corrected chi connectivity index (χ2v) is 6.25. The van der Waals surface area contributed by atoms with Gasteiger partial charge in [0.15, 0.2) is 11.6 Å². The van der Waals surface area contributed by atoms with Crippen LogP contribution in [0.1, 0.15) is 5.82 Å². The second-order valence-electron chi connectivity index (χ2n) is 3.11. The van der Waals surface area contributed by atoms with Crippen LogP contribution in [0.4, 0.5) is 0 Å². The summed E-state index contributed by atoms with van der Waals surface area (Å²) < 4.78 is -0.791. The van der Waals surface area contributed by atoms with Crippen molar-refractivity contribution in [1.82, 2.24) is 15.0 Å². The molecular formula is C10H5BrCl3N3. The van der Waals surface area contributed by atoms with E-state index in [1.807, 2.05) is 24.3 Å². The van der Waals surface area contributed by atoms with Crippen molar-refractivity contribution in [3.63, 3.8) is 0 Å². The van der Waals surface area contributed by atoms with Crippen LogP contribution in [0.3, 0.4) is 0 Å². The molecule has 2 rings (SSSR count). The first kappa shape index (κ1) is 13.0. The number of aromatic nitrogens is 3. The van der Waals surface area contributed by atoms with Crippen molar-refractivity contribution in [3.05, 3.63) is 40.9 Å². The lowest BCUT2D eigenvalue weighted by Crippen LogP contribution is -2.08. The van der Waals surface area contributed by atoms with Crippen molar-refractivity contribution in [2.24, 2.45) is 0 Å².